The van der Waals surface area contributed by atoms with E-state index in [-0.39, 0.29) is 23.8 Å². The maximum atomic E-state index is 14.2. The Morgan fingerprint density at radius 2 is 1.84 bits per heavy atom. The topological polar surface area (TPSA) is 88.4 Å². The molecule has 1 aliphatic heterocycles. The molecule has 0 bridgehead atoms. The molecule has 0 N–H and O–H groups in total. The van der Waals surface area contributed by atoms with Gasteiger partial charge < -0.3 is 18.9 Å². The SMILES string of the molecule is CCOC(=O)C1=C(C)N=c2s/c(=C\c3cc(Cl)c(OCc4ccc5ccccc5c4)c(Br)c3)c(=O)n2[C@H]1c1ccc(OC(C)C)c(OC)c1. The number of esters is 1. The van der Waals surface area contributed by atoms with Crippen LogP contribution < -0.4 is 29.1 Å². The van der Waals surface area contributed by atoms with Crippen molar-refractivity contribution < 1.29 is 23.7 Å². The van der Waals surface area contributed by atoms with Crippen molar-refractivity contribution in [3.8, 4) is 17.2 Å². The molecule has 5 aromatic rings. The Morgan fingerprint density at radius 3 is 2.55 bits per heavy atom. The molecule has 1 aromatic heterocycles. The van der Waals surface area contributed by atoms with Crippen LogP contribution in [0.3, 0.4) is 0 Å². The van der Waals surface area contributed by atoms with Gasteiger partial charge in [-0.3, -0.25) is 9.36 Å². The van der Waals surface area contributed by atoms with Gasteiger partial charge in [0.15, 0.2) is 22.0 Å². The van der Waals surface area contributed by atoms with E-state index < -0.39 is 12.0 Å². The van der Waals surface area contributed by atoms with Crippen molar-refractivity contribution in [2.75, 3.05) is 13.7 Å². The van der Waals surface area contributed by atoms with Crippen molar-refractivity contribution in [3.63, 3.8) is 0 Å². The summed E-state index contributed by atoms with van der Waals surface area (Å²) in [6, 6.07) is 22.5. The van der Waals surface area contributed by atoms with Crippen molar-refractivity contribution in [1.82, 2.24) is 4.57 Å². The van der Waals surface area contributed by atoms with Crippen molar-refractivity contribution in [2.24, 2.45) is 4.99 Å². The molecule has 0 saturated carbocycles. The summed E-state index contributed by atoms with van der Waals surface area (Å²) in [6.07, 6.45) is 1.68. The third-order valence-electron chi connectivity index (χ3n) is 7.90. The van der Waals surface area contributed by atoms with Crippen LogP contribution in [0.25, 0.3) is 16.8 Å². The van der Waals surface area contributed by atoms with Gasteiger partial charge in [-0.2, -0.15) is 0 Å². The molecule has 4 aromatic carbocycles. The quantitative estimate of drug-likeness (QED) is 0.135. The summed E-state index contributed by atoms with van der Waals surface area (Å²) in [5.41, 5.74) is 2.79. The van der Waals surface area contributed by atoms with Gasteiger partial charge in [-0.25, -0.2) is 9.79 Å². The predicted octanol–water partition coefficient (Wildman–Crippen LogP) is 7.74. The molecule has 0 unspecified atom stereocenters. The number of aromatic nitrogens is 1. The lowest BCUT2D eigenvalue weighted by Crippen LogP contribution is -2.40. The van der Waals surface area contributed by atoms with Gasteiger partial charge in [0.2, 0.25) is 0 Å². The lowest BCUT2D eigenvalue weighted by molar-refractivity contribution is -0.139. The molecule has 0 fully saturated rings. The lowest BCUT2D eigenvalue weighted by atomic mass is 9.95. The number of rotatable bonds is 10. The molecule has 0 saturated heterocycles. The second kappa shape index (κ2) is 14.6. The van der Waals surface area contributed by atoms with Gasteiger partial charge in [0.25, 0.3) is 5.56 Å². The van der Waals surface area contributed by atoms with Crippen molar-refractivity contribution >= 4 is 61.7 Å². The highest BCUT2D eigenvalue weighted by atomic mass is 79.9. The Kier molecular flexibility index (Phi) is 10.3. The number of methoxy groups -OCH3 is 1. The van der Waals surface area contributed by atoms with Gasteiger partial charge in [0.1, 0.15) is 6.61 Å². The van der Waals surface area contributed by atoms with E-state index in [9.17, 15) is 9.59 Å². The molecule has 252 valence electrons. The first-order valence-electron chi connectivity index (χ1n) is 15.7. The third-order valence-corrected chi connectivity index (χ3v) is 9.75. The van der Waals surface area contributed by atoms with E-state index in [2.05, 4.69) is 45.2 Å². The molecule has 8 nitrogen and oxygen atoms in total. The van der Waals surface area contributed by atoms with Gasteiger partial charge in [0.05, 0.1) is 51.2 Å². The average molecular weight is 762 g/mol. The number of fused-ring (bicyclic) bond motifs is 2. The number of hydrogen-bond acceptors (Lipinski definition) is 8. The van der Waals surface area contributed by atoms with Gasteiger partial charge in [-0.1, -0.05) is 65.4 Å². The molecule has 0 aliphatic carbocycles. The van der Waals surface area contributed by atoms with Crippen LogP contribution in [-0.2, 0) is 16.1 Å². The first-order chi connectivity index (χ1) is 23.6. The molecular weight excluding hydrogens is 728 g/mol. The van der Waals surface area contributed by atoms with Gasteiger partial charge in [-0.05, 0) is 107 Å². The minimum atomic E-state index is -0.805. The Bertz CT molecular complexity index is 2270. The number of halogens is 2. The number of hydrogen-bond donors (Lipinski definition) is 0. The summed E-state index contributed by atoms with van der Waals surface area (Å²) in [7, 11) is 1.55. The predicted molar refractivity (Wildman–Crippen MR) is 197 cm³/mol. The molecule has 11 heteroatoms. The van der Waals surface area contributed by atoms with Crippen LogP contribution >= 0.6 is 38.9 Å². The smallest absolute Gasteiger partial charge is 0.338 e. The molecular formula is C38H34BrClN2O6S. The maximum absolute atomic E-state index is 14.2. The van der Waals surface area contributed by atoms with Crippen LogP contribution in [-0.4, -0.2) is 30.4 Å². The highest BCUT2D eigenvalue weighted by Crippen LogP contribution is 2.37. The summed E-state index contributed by atoms with van der Waals surface area (Å²) >= 11 is 11.6. The maximum Gasteiger partial charge on any atom is 0.338 e. The van der Waals surface area contributed by atoms with Gasteiger partial charge in [0, 0.05) is 0 Å². The van der Waals surface area contributed by atoms with E-state index in [1.807, 2.05) is 44.2 Å². The minimum Gasteiger partial charge on any atom is -0.493 e. The zero-order chi connectivity index (χ0) is 34.8. The number of benzene rings is 4. The summed E-state index contributed by atoms with van der Waals surface area (Å²) in [4.78, 5) is 32.6. The zero-order valence-corrected chi connectivity index (χ0v) is 30.7. The lowest BCUT2D eigenvalue weighted by Gasteiger charge is -2.25. The van der Waals surface area contributed by atoms with E-state index in [0.717, 1.165) is 16.3 Å². The molecule has 6 rings (SSSR count). The Balaban J connectivity index is 1.37. The summed E-state index contributed by atoms with van der Waals surface area (Å²) in [5.74, 6) is 0.995. The summed E-state index contributed by atoms with van der Waals surface area (Å²) in [6.45, 7) is 7.84. The van der Waals surface area contributed by atoms with Crippen molar-refractivity contribution in [3.05, 3.63) is 130 Å². The molecule has 0 radical (unpaired) electrons. The fraction of sp³-hybridized carbons (Fsp3) is 0.237. The molecule has 49 heavy (non-hydrogen) atoms. The number of carbonyl (C=O) groups is 1. The summed E-state index contributed by atoms with van der Waals surface area (Å²) in [5, 5.41) is 2.68. The monoisotopic (exact) mass is 760 g/mol. The third kappa shape index (κ3) is 7.18. The second-order valence-corrected chi connectivity index (χ2v) is 13.9. The molecule has 1 atom stereocenters. The molecule has 0 spiro atoms. The van der Waals surface area contributed by atoms with E-state index in [0.29, 0.717) is 59.5 Å². The highest BCUT2D eigenvalue weighted by Gasteiger charge is 2.34. The van der Waals surface area contributed by atoms with E-state index in [1.165, 1.54) is 15.9 Å². The van der Waals surface area contributed by atoms with E-state index in [4.69, 9.17) is 30.5 Å². The fourth-order valence-corrected chi connectivity index (χ4v) is 7.78. The zero-order valence-electron chi connectivity index (χ0n) is 27.6. The molecule has 1 aliphatic rings. The number of nitrogens with zero attached hydrogens (tertiary/aromatic N) is 2. The van der Waals surface area contributed by atoms with Crippen LogP contribution in [0.15, 0.2) is 98.3 Å². The molecule has 0 amide bonds. The van der Waals surface area contributed by atoms with E-state index in [1.54, 1.807) is 45.2 Å². The van der Waals surface area contributed by atoms with E-state index >= 15 is 0 Å². The first-order valence-corrected chi connectivity index (χ1v) is 17.7. The van der Waals surface area contributed by atoms with Crippen LogP contribution in [0.1, 0.15) is 50.4 Å². The van der Waals surface area contributed by atoms with Crippen molar-refractivity contribution in [2.45, 2.75) is 46.4 Å². The Labute approximate surface area is 301 Å². The normalized spacial score (nSPS) is 14.5. The van der Waals surface area contributed by atoms with Crippen LogP contribution in [0, 0.1) is 0 Å². The molecule has 2 heterocycles. The van der Waals surface area contributed by atoms with Gasteiger partial charge in [-0.15, -0.1) is 0 Å². The number of carbonyl (C=O) groups excluding carboxylic acids is 1. The average Bonchev–Trinajstić information content (AvgIpc) is 3.37. The number of thiazole rings is 1. The summed E-state index contributed by atoms with van der Waals surface area (Å²) < 4.78 is 25.7. The fourth-order valence-electron chi connectivity index (χ4n) is 5.75. The number of allylic oxidation sites excluding steroid dienone is 1. The Morgan fingerprint density at radius 1 is 1.06 bits per heavy atom. The largest absolute Gasteiger partial charge is 0.493 e. The van der Waals surface area contributed by atoms with Crippen molar-refractivity contribution in [1.29, 1.82) is 0 Å². The number of ether oxygens (including phenoxy) is 4. The first kappa shape index (κ1) is 34.5. The Hall–Kier alpha value is -4.38. The highest BCUT2D eigenvalue weighted by molar-refractivity contribution is 9.10. The standard InChI is InChI=1S/C38H34BrClN2O6S/c1-6-46-37(44)33-22(4)41-38-42(34(33)27-13-14-30(48-21(2)3)31(19-27)45-5)36(43)32(49-38)18-24-16-28(39)35(29(40)17-24)47-20-23-11-12-25-9-7-8-10-26(25)15-23/h7-19,21,34H,6,20H2,1-5H3/b32-18-/t34-/m0/s1. The second-order valence-electron chi connectivity index (χ2n) is 11.7. The van der Waals surface area contributed by atoms with Crippen LogP contribution in [0.4, 0.5) is 0 Å². The van der Waals surface area contributed by atoms with Gasteiger partial charge >= 0.3 is 5.97 Å². The minimum absolute atomic E-state index is 0.0755. The van der Waals surface area contributed by atoms with Crippen LogP contribution in [0.5, 0.6) is 17.2 Å². The van der Waals surface area contributed by atoms with Crippen LogP contribution in [0.2, 0.25) is 5.02 Å².